The molecule has 1 aromatic heterocycles. The van der Waals surface area contributed by atoms with E-state index in [4.69, 9.17) is 20.5 Å². The standard InChI is InChI=1S/C8H10N2O2/c9-3-6-4-12-5-7(6)8(10)1-2-11/h4-5,8,11H,1-2,10H2/t8-/m0/s1. The largest absolute Gasteiger partial charge is 0.471 e. The van der Waals surface area contributed by atoms with Gasteiger partial charge in [0.1, 0.15) is 12.3 Å². The zero-order valence-corrected chi connectivity index (χ0v) is 6.53. The molecule has 4 heteroatoms. The molecule has 0 aliphatic heterocycles. The number of aliphatic hydroxyl groups is 1. The number of hydrogen-bond donors (Lipinski definition) is 2. The van der Waals surface area contributed by atoms with Crippen LogP contribution in [0.2, 0.25) is 0 Å². The highest BCUT2D eigenvalue weighted by Crippen LogP contribution is 2.18. The van der Waals surface area contributed by atoms with Crippen LogP contribution in [0, 0.1) is 11.3 Å². The molecule has 64 valence electrons. The minimum absolute atomic E-state index is 0.0111. The normalized spacial score (nSPS) is 12.4. The number of aliphatic hydroxyl groups excluding tert-OH is 1. The van der Waals surface area contributed by atoms with Gasteiger partial charge in [0.25, 0.3) is 0 Å². The number of rotatable bonds is 3. The lowest BCUT2D eigenvalue weighted by atomic mass is 10.1. The SMILES string of the molecule is N#Cc1cocc1[C@@H](N)CCO. The number of hydrogen-bond acceptors (Lipinski definition) is 4. The van der Waals surface area contributed by atoms with Gasteiger partial charge in [-0.2, -0.15) is 5.26 Å². The van der Waals surface area contributed by atoms with Crippen LogP contribution in [0.4, 0.5) is 0 Å². The van der Waals surface area contributed by atoms with Gasteiger partial charge in [-0.1, -0.05) is 0 Å². The van der Waals surface area contributed by atoms with E-state index in [1.807, 2.05) is 6.07 Å². The third-order valence-electron chi connectivity index (χ3n) is 1.65. The van der Waals surface area contributed by atoms with E-state index < -0.39 is 0 Å². The van der Waals surface area contributed by atoms with E-state index in [0.717, 1.165) is 0 Å². The molecule has 1 rings (SSSR count). The van der Waals surface area contributed by atoms with Crippen molar-refractivity contribution in [3.8, 4) is 6.07 Å². The summed E-state index contributed by atoms with van der Waals surface area (Å²) in [4.78, 5) is 0. The van der Waals surface area contributed by atoms with Crippen molar-refractivity contribution in [2.45, 2.75) is 12.5 Å². The molecule has 0 aliphatic rings. The van der Waals surface area contributed by atoms with Gasteiger partial charge in [-0.15, -0.1) is 0 Å². The van der Waals surface area contributed by atoms with Crippen LogP contribution in [-0.2, 0) is 0 Å². The van der Waals surface area contributed by atoms with Crippen LogP contribution in [-0.4, -0.2) is 11.7 Å². The lowest BCUT2D eigenvalue weighted by molar-refractivity contribution is 0.276. The van der Waals surface area contributed by atoms with Gasteiger partial charge in [-0.05, 0) is 6.42 Å². The third kappa shape index (κ3) is 1.64. The third-order valence-corrected chi connectivity index (χ3v) is 1.65. The first-order valence-corrected chi connectivity index (χ1v) is 3.62. The molecule has 0 amide bonds. The minimum Gasteiger partial charge on any atom is -0.471 e. The van der Waals surface area contributed by atoms with Crippen molar-refractivity contribution in [1.82, 2.24) is 0 Å². The molecule has 3 N–H and O–H groups in total. The summed E-state index contributed by atoms with van der Waals surface area (Å²) in [6.45, 7) is 0.0111. The summed E-state index contributed by atoms with van der Waals surface area (Å²) < 4.78 is 4.82. The predicted molar refractivity (Wildman–Crippen MR) is 42.1 cm³/mol. The quantitative estimate of drug-likeness (QED) is 0.686. The Morgan fingerprint density at radius 1 is 1.67 bits per heavy atom. The van der Waals surface area contributed by atoms with E-state index in [1.165, 1.54) is 12.5 Å². The van der Waals surface area contributed by atoms with E-state index in [9.17, 15) is 0 Å². The summed E-state index contributed by atoms with van der Waals surface area (Å²) in [6.07, 6.45) is 3.24. The monoisotopic (exact) mass is 166 g/mol. The first-order valence-electron chi connectivity index (χ1n) is 3.62. The zero-order chi connectivity index (χ0) is 8.97. The second kappa shape index (κ2) is 3.90. The van der Waals surface area contributed by atoms with Crippen LogP contribution in [0.3, 0.4) is 0 Å². The molecule has 0 unspecified atom stereocenters. The summed E-state index contributed by atoms with van der Waals surface area (Å²) >= 11 is 0. The Labute approximate surface area is 70.2 Å². The first kappa shape index (κ1) is 8.78. The maximum atomic E-state index is 8.61. The number of nitrogens with two attached hydrogens (primary N) is 1. The smallest absolute Gasteiger partial charge is 0.108 e. The molecule has 1 atom stereocenters. The molecule has 0 saturated heterocycles. The van der Waals surface area contributed by atoms with Crippen molar-refractivity contribution in [2.24, 2.45) is 5.73 Å². The van der Waals surface area contributed by atoms with E-state index in [2.05, 4.69) is 0 Å². The topological polar surface area (TPSA) is 83.2 Å². The van der Waals surface area contributed by atoms with Crippen molar-refractivity contribution in [3.05, 3.63) is 23.7 Å². The maximum Gasteiger partial charge on any atom is 0.108 e. The summed E-state index contributed by atoms with van der Waals surface area (Å²) in [5.74, 6) is 0. The van der Waals surface area contributed by atoms with Crippen LogP contribution in [0.1, 0.15) is 23.6 Å². The van der Waals surface area contributed by atoms with E-state index >= 15 is 0 Å². The van der Waals surface area contributed by atoms with Crippen LogP contribution in [0.5, 0.6) is 0 Å². The zero-order valence-electron chi connectivity index (χ0n) is 6.53. The highest BCUT2D eigenvalue weighted by molar-refractivity contribution is 5.35. The van der Waals surface area contributed by atoms with Gasteiger partial charge >= 0.3 is 0 Å². The first-order chi connectivity index (χ1) is 5.79. The minimum atomic E-state index is -0.316. The molecule has 0 aliphatic carbocycles. The molecule has 0 aromatic carbocycles. The van der Waals surface area contributed by atoms with Gasteiger partial charge in [0.15, 0.2) is 0 Å². The van der Waals surface area contributed by atoms with E-state index in [0.29, 0.717) is 17.5 Å². The van der Waals surface area contributed by atoms with Crippen molar-refractivity contribution < 1.29 is 9.52 Å². The summed E-state index contributed by atoms with van der Waals surface area (Å²) in [7, 11) is 0. The van der Waals surface area contributed by atoms with Gasteiger partial charge < -0.3 is 15.3 Å². The Balaban J connectivity index is 2.80. The highest BCUT2D eigenvalue weighted by Gasteiger charge is 2.12. The Morgan fingerprint density at radius 2 is 2.42 bits per heavy atom. The van der Waals surface area contributed by atoms with Crippen molar-refractivity contribution in [1.29, 1.82) is 5.26 Å². The lowest BCUT2D eigenvalue weighted by Crippen LogP contribution is -2.12. The molecule has 0 radical (unpaired) electrons. The number of nitrogens with zero attached hydrogens (tertiary/aromatic N) is 1. The van der Waals surface area contributed by atoms with Crippen LogP contribution >= 0.6 is 0 Å². The summed E-state index contributed by atoms with van der Waals surface area (Å²) in [6, 6.07) is 1.64. The molecule has 0 fully saturated rings. The Hall–Kier alpha value is -1.31. The Kier molecular flexibility index (Phi) is 2.86. The Morgan fingerprint density at radius 3 is 3.00 bits per heavy atom. The van der Waals surface area contributed by atoms with E-state index in [1.54, 1.807) is 0 Å². The van der Waals surface area contributed by atoms with Gasteiger partial charge in [-0.3, -0.25) is 0 Å². The van der Waals surface area contributed by atoms with Crippen molar-refractivity contribution in [2.75, 3.05) is 6.61 Å². The fraction of sp³-hybridized carbons (Fsp3) is 0.375. The second-order valence-electron chi connectivity index (χ2n) is 2.47. The lowest BCUT2D eigenvalue weighted by Gasteiger charge is -2.06. The number of furan rings is 1. The highest BCUT2D eigenvalue weighted by atomic mass is 16.3. The Bertz CT molecular complexity index is 287. The molecular weight excluding hydrogens is 156 g/mol. The van der Waals surface area contributed by atoms with Gasteiger partial charge in [-0.25, -0.2) is 0 Å². The van der Waals surface area contributed by atoms with Gasteiger partial charge in [0.2, 0.25) is 0 Å². The number of nitriles is 1. The molecule has 1 aromatic rings. The summed E-state index contributed by atoms with van der Waals surface area (Å²) in [5, 5.41) is 17.2. The molecular formula is C8H10N2O2. The predicted octanol–water partition coefficient (Wildman–Crippen LogP) is 0.533. The average Bonchev–Trinajstić information content (AvgIpc) is 2.51. The van der Waals surface area contributed by atoms with Gasteiger partial charge in [0, 0.05) is 18.2 Å². The van der Waals surface area contributed by atoms with Gasteiger partial charge in [0.05, 0.1) is 11.8 Å². The van der Waals surface area contributed by atoms with Crippen molar-refractivity contribution >= 4 is 0 Å². The van der Waals surface area contributed by atoms with Crippen LogP contribution < -0.4 is 5.73 Å². The van der Waals surface area contributed by atoms with Crippen LogP contribution in [0.25, 0.3) is 0 Å². The van der Waals surface area contributed by atoms with E-state index in [-0.39, 0.29) is 12.6 Å². The summed E-state index contributed by atoms with van der Waals surface area (Å²) in [5.41, 5.74) is 6.75. The average molecular weight is 166 g/mol. The maximum absolute atomic E-state index is 8.61. The molecule has 0 spiro atoms. The molecule has 0 saturated carbocycles. The molecule has 0 bridgehead atoms. The van der Waals surface area contributed by atoms with Crippen LogP contribution in [0.15, 0.2) is 16.9 Å². The molecule has 1 heterocycles. The second-order valence-corrected chi connectivity index (χ2v) is 2.47. The molecule has 12 heavy (non-hydrogen) atoms. The fourth-order valence-electron chi connectivity index (χ4n) is 0.980. The molecule has 4 nitrogen and oxygen atoms in total. The fourth-order valence-corrected chi connectivity index (χ4v) is 0.980. The van der Waals surface area contributed by atoms with Crippen molar-refractivity contribution in [3.63, 3.8) is 0 Å².